The van der Waals surface area contributed by atoms with Crippen molar-refractivity contribution in [1.29, 1.82) is 0 Å². The van der Waals surface area contributed by atoms with E-state index in [1.807, 2.05) is 0 Å². The molecule has 1 aromatic rings. The highest BCUT2D eigenvalue weighted by Gasteiger charge is 2.32. The van der Waals surface area contributed by atoms with Gasteiger partial charge in [-0.2, -0.15) is 13.2 Å². The molecule has 0 aliphatic heterocycles. The number of nitrogens with one attached hydrogen (secondary N) is 1. The Balaban J connectivity index is 3.10. The fourth-order valence-electron chi connectivity index (χ4n) is 1.80. The van der Waals surface area contributed by atoms with Crippen molar-refractivity contribution in [2.75, 3.05) is 0 Å². The van der Waals surface area contributed by atoms with Crippen LogP contribution >= 0.6 is 15.9 Å². The molecule has 0 aliphatic carbocycles. The maximum absolute atomic E-state index is 12.8. The molecule has 0 saturated carbocycles. The van der Waals surface area contributed by atoms with Crippen LogP contribution in [0.2, 0.25) is 0 Å². The Morgan fingerprint density at radius 3 is 2.43 bits per heavy atom. The van der Waals surface area contributed by atoms with Crippen molar-refractivity contribution in [2.24, 2.45) is 0 Å². The number of rotatable bonds is 4. The van der Waals surface area contributed by atoms with Crippen LogP contribution in [0.5, 0.6) is 0 Å². The van der Waals surface area contributed by atoms with Crippen LogP contribution in [-0.2, 0) is 15.7 Å². The first-order valence-electron chi connectivity index (χ1n) is 6.74. The van der Waals surface area contributed by atoms with E-state index in [2.05, 4.69) is 21.2 Å². The third-order valence-electron chi connectivity index (χ3n) is 2.72. The van der Waals surface area contributed by atoms with Crippen LogP contribution in [0.1, 0.15) is 44.4 Å². The summed E-state index contributed by atoms with van der Waals surface area (Å²) in [6.45, 7) is 4.96. The van der Waals surface area contributed by atoms with Crippen molar-refractivity contribution in [3.63, 3.8) is 0 Å². The van der Waals surface area contributed by atoms with E-state index in [0.29, 0.717) is 10.8 Å². The van der Waals surface area contributed by atoms with Crippen LogP contribution in [0, 0.1) is 0 Å². The molecule has 1 rings (SSSR count). The quantitative estimate of drug-likeness (QED) is 0.756. The number of halogens is 4. The molecule has 0 aromatic heterocycles. The van der Waals surface area contributed by atoms with Crippen LogP contribution < -0.4 is 5.32 Å². The summed E-state index contributed by atoms with van der Waals surface area (Å²) >= 11 is 3.14. The van der Waals surface area contributed by atoms with Crippen LogP contribution in [-0.4, -0.2) is 18.0 Å². The minimum absolute atomic E-state index is 0.151. The van der Waals surface area contributed by atoms with Crippen molar-refractivity contribution in [3.8, 4) is 0 Å². The molecule has 128 valence electrons. The molecule has 0 radical (unpaired) electrons. The highest BCUT2D eigenvalue weighted by Crippen LogP contribution is 2.34. The van der Waals surface area contributed by atoms with Crippen molar-refractivity contribution in [1.82, 2.24) is 5.32 Å². The normalized spacial score (nSPS) is 13.3. The van der Waals surface area contributed by atoms with Gasteiger partial charge in [-0.3, -0.25) is 0 Å². The fourth-order valence-corrected chi connectivity index (χ4v) is 2.32. The Kier molecular flexibility index (Phi) is 6.21. The summed E-state index contributed by atoms with van der Waals surface area (Å²) in [7, 11) is 0. The number of amides is 1. The molecular weight excluding hydrogens is 379 g/mol. The lowest BCUT2D eigenvalue weighted by molar-refractivity contribution is -0.137. The molecule has 0 unspecified atom stereocenters. The first-order chi connectivity index (χ1) is 10.4. The summed E-state index contributed by atoms with van der Waals surface area (Å²) in [4.78, 5) is 22.6. The number of carbonyl (C=O) groups excluding carboxylic acids is 2. The maximum atomic E-state index is 12.8. The third-order valence-corrected chi connectivity index (χ3v) is 3.44. The summed E-state index contributed by atoms with van der Waals surface area (Å²) in [6, 6.07) is 2.11. The van der Waals surface area contributed by atoms with E-state index in [0.717, 1.165) is 12.1 Å². The summed E-state index contributed by atoms with van der Waals surface area (Å²) in [6.07, 6.45) is -4.99. The predicted molar refractivity (Wildman–Crippen MR) is 81.9 cm³/mol. The molecule has 4 nitrogen and oxygen atoms in total. The van der Waals surface area contributed by atoms with E-state index in [-0.39, 0.29) is 12.0 Å². The van der Waals surface area contributed by atoms with E-state index in [4.69, 9.17) is 4.74 Å². The fraction of sp³-hybridized carbons (Fsp3) is 0.467. The summed E-state index contributed by atoms with van der Waals surface area (Å²) < 4.78 is 43.9. The van der Waals surface area contributed by atoms with Crippen molar-refractivity contribution >= 4 is 28.3 Å². The van der Waals surface area contributed by atoms with E-state index >= 15 is 0 Å². The number of hydrogen-bond acceptors (Lipinski definition) is 3. The Morgan fingerprint density at radius 2 is 1.96 bits per heavy atom. The minimum atomic E-state index is -4.52. The molecule has 1 atom stereocenters. The number of ether oxygens (including phenoxy) is 1. The number of alkyl halides is 3. The van der Waals surface area contributed by atoms with Crippen LogP contribution in [0.25, 0.3) is 0 Å². The molecule has 23 heavy (non-hydrogen) atoms. The van der Waals surface area contributed by atoms with Gasteiger partial charge in [-0.05, 0) is 44.5 Å². The summed E-state index contributed by atoms with van der Waals surface area (Å²) in [5, 5.41) is 2.42. The largest absolute Gasteiger partial charge is 0.444 e. The van der Waals surface area contributed by atoms with Crippen molar-refractivity contribution in [2.45, 2.75) is 45.0 Å². The monoisotopic (exact) mass is 395 g/mol. The lowest BCUT2D eigenvalue weighted by atomic mass is 10.0. The van der Waals surface area contributed by atoms with Crippen LogP contribution in [0.3, 0.4) is 0 Å². The lowest BCUT2D eigenvalue weighted by Gasteiger charge is -2.24. The van der Waals surface area contributed by atoms with Gasteiger partial charge in [0.15, 0.2) is 0 Å². The van der Waals surface area contributed by atoms with Crippen LogP contribution in [0.4, 0.5) is 18.0 Å². The lowest BCUT2D eigenvalue weighted by Crippen LogP contribution is -2.35. The molecule has 0 aliphatic rings. The zero-order valence-corrected chi connectivity index (χ0v) is 14.4. The number of hydrogen-bond donors (Lipinski definition) is 1. The summed E-state index contributed by atoms with van der Waals surface area (Å²) in [5.41, 5.74) is -1.48. The second kappa shape index (κ2) is 7.33. The van der Waals surface area contributed by atoms with Gasteiger partial charge in [0.25, 0.3) is 0 Å². The molecule has 0 fully saturated rings. The average Bonchev–Trinajstić information content (AvgIpc) is 2.35. The van der Waals surface area contributed by atoms with Gasteiger partial charge in [0.05, 0.1) is 11.6 Å². The summed E-state index contributed by atoms with van der Waals surface area (Å²) in [5.74, 6) is 0. The van der Waals surface area contributed by atoms with Gasteiger partial charge in [0, 0.05) is 10.9 Å². The van der Waals surface area contributed by atoms with Gasteiger partial charge in [0.1, 0.15) is 11.9 Å². The Bertz CT molecular complexity index is 582. The topological polar surface area (TPSA) is 55.4 Å². The molecule has 1 aromatic carbocycles. The average molecular weight is 396 g/mol. The zero-order chi connectivity index (χ0) is 17.8. The van der Waals surface area contributed by atoms with E-state index in [9.17, 15) is 22.8 Å². The van der Waals surface area contributed by atoms with Gasteiger partial charge in [0.2, 0.25) is 0 Å². The minimum Gasteiger partial charge on any atom is -0.444 e. The van der Waals surface area contributed by atoms with Crippen LogP contribution in [0.15, 0.2) is 22.7 Å². The highest BCUT2D eigenvalue weighted by molar-refractivity contribution is 9.10. The Morgan fingerprint density at radius 1 is 1.35 bits per heavy atom. The first kappa shape index (κ1) is 19.5. The van der Waals surface area contributed by atoms with E-state index in [1.165, 1.54) is 6.07 Å². The number of alkyl carbamates (subject to hydrolysis) is 1. The molecule has 0 bridgehead atoms. The first-order valence-corrected chi connectivity index (χ1v) is 7.53. The SMILES string of the molecule is CC(C)(C)OC(=O)N[C@@H](CC=O)c1cc(C(F)(F)F)ccc1Br. The Hall–Kier alpha value is -1.57. The van der Waals surface area contributed by atoms with Gasteiger partial charge in [-0.25, -0.2) is 4.79 Å². The third kappa shape index (κ3) is 6.21. The van der Waals surface area contributed by atoms with Gasteiger partial charge >= 0.3 is 12.3 Å². The maximum Gasteiger partial charge on any atom is 0.416 e. The number of carbonyl (C=O) groups is 2. The molecule has 8 heteroatoms. The second-order valence-electron chi connectivity index (χ2n) is 5.84. The molecule has 0 spiro atoms. The molecule has 1 amide bonds. The number of aldehydes is 1. The van der Waals surface area contributed by atoms with Crippen molar-refractivity contribution < 1.29 is 27.5 Å². The van der Waals surface area contributed by atoms with Crippen molar-refractivity contribution in [3.05, 3.63) is 33.8 Å². The predicted octanol–water partition coefficient (Wildman–Crippen LogP) is 4.62. The molecule has 1 N–H and O–H groups in total. The van der Waals surface area contributed by atoms with E-state index < -0.39 is 29.5 Å². The molecule has 0 saturated heterocycles. The van der Waals surface area contributed by atoms with E-state index in [1.54, 1.807) is 20.8 Å². The highest BCUT2D eigenvalue weighted by atomic mass is 79.9. The number of benzene rings is 1. The van der Waals surface area contributed by atoms with Gasteiger partial charge in [-0.15, -0.1) is 0 Å². The van der Waals surface area contributed by atoms with Gasteiger partial charge < -0.3 is 14.8 Å². The zero-order valence-electron chi connectivity index (χ0n) is 12.8. The molecule has 0 heterocycles. The van der Waals surface area contributed by atoms with Gasteiger partial charge in [-0.1, -0.05) is 15.9 Å². The Labute approximate surface area is 140 Å². The molecular formula is C15H17BrF3NO3. The standard InChI is InChI=1S/C15H17BrF3NO3/c1-14(2,3)23-13(22)20-12(6-7-21)10-8-9(15(17,18)19)4-5-11(10)16/h4-5,7-8,12H,6H2,1-3H3,(H,20,22)/t12-/m0/s1. The smallest absolute Gasteiger partial charge is 0.416 e. The second-order valence-corrected chi connectivity index (χ2v) is 6.69.